The summed E-state index contributed by atoms with van der Waals surface area (Å²) in [5.74, 6) is 0. The molecule has 0 radical (unpaired) electrons. The van der Waals surface area contributed by atoms with Gasteiger partial charge in [-0.1, -0.05) is 99.7 Å². The van der Waals surface area contributed by atoms with Crippen molar-refractivity contribution in [3.8, 4) is 22.4 Å². The smallest absolute Gasteiger partial charge is 0.0784 e. The Morgan fingerprint density at radius 2 is 1.45 bits per heavy atom. The first-order chi connectivity index (χ1) is 14.5. The Hall–Kier alpha value is -2.71. The topological polar surface area (TPSA) is 12.9 Å². The lowest BCUT2D eigenvalue weighted by atomic mass is 9.85. The van der Waals surface area contributed by atoms with Gasteiger partial charge in [0.25, 0.3) is 0 Å². The van der Waals surface area contributed by atoms with Crippen LogP contribution in [0.3, 0.4) is 0 Å². The van der Waals surface area contributed by atoms with Crippen LogP contribution in [0.4, 0.5) is 0 Å². The molecule has 4 aromatic rings. The number of rotatable bonds is 3. The zero-order valence-electron chi connectivity index (χ0n) is 19.9. The second-order valence-corrected chi connectivity index (χ2v) is 15.7. The molecule has 1 aromatic heterocycles. The number of benzene rings is 3. The summed E-state index contributed by atoms with van der Waals surface area (Å²) in [6.45, 7) is 16.2. The van der Waals surface area contributed by atoms with Crippen LogP contribution in [-0.2, 0) is 5.41 Å². The lowest BCUT2D eigenvalue weighted by Crippen LogP contribution is -2.39. The highest BCUT2D eigenvalue weighted by atomic mass is 28.3. The van der Waals surface area contributed by atoms with Gasteiger partial charge in [0.1, 0.15) is 0 Å². The van der Waals surface area contributed by atoms with Crippen molar-refractivity contribution >= 4 is 24.2 Å². The van der Waals surface area contributed by atoms with Gasteiger partial charge in [-0.05, 0) is 53.3 Å². The molecule has 0 saturated heterocycles. The summed E-state index contributed by atoms with van der Waals surface area (Å²) in [6.07, 6.45) is 0. The van der Waals surface area contributed by atoms with Crippen LogP contribution in [0, 0.1) is 6.92 Å². The highest BCUT2D eigenvalue weighted by molar-refractivity contribution is 6.90. The molecule has 1 heterocycles. The van der Waals surface area contributed by atoms with Gasteiger partial charge in [0.05, 0.1) is 19.3 Å². The van der Waals surface area contributed by atoms with E-state index in [1.54, 1.807) is 0 Å². The summed E-state index contributed by atoms with van der Waals surface area (Å²) in [5, 5.41) is 2.74. The number of aromatic nitrogens is 1. The standard InChI is InChI=1S/C29H33NSi/c1-20-17-22(19-23(18-20)29(2,3)4)25-14-13-24-26(30-25)15-16-27(31(5,6)7)28(24)21-11-9-8-10-12-21/h8-19H,1-7H3. The summed E-state index contributed by atoms with van der Waals surface area (Å²) < 4.78 is 0. The van der Waals surface area contributed by atoms with Crippen molar-refractivity contribution in [1.29, 1.82) is 0 Å². The SMILES string of the molecule is Cc1cc(-c2ccc3c(-c4ccccc4)c([Si](C)(C)C)ccc3n2)cc(C(C)(C)C)c1. The van der Waals surface area contributed by atoms with E-state index in [1.807, 2.05) is 0 Å². The van der Waals surface area contributed by atoms with E-state index in [4.69, 9.17) is 4.98 Å². The molecular weight excluding hydrogens is 390 g/mol. The minimum Gasteiger partial charge on any atom is -0.248 e. The predicted molar refractivity (Wildman–Crippen MR) is 139 cm³/mol. The van der Waals surface area contributed by atoms with Gasteiger partial charge in [-0.2, -0.15) is 0 Å². The number of hydrogen-bond acceptors (Lipinski definition) is 1. The van der Waals surface area contributed by atoms with Crippen LogP contribution in [0.15, 0.2) is 72.8 Å². The van der Waals surface area contributed by atoms with E-state index in [9.17, 15) is 0 Å². The summed E-state index contributed by atoms with van der Waals surface area (Å²) in [4.78, 5) is 5.13. The second kappa shape index (κ2) is 7.76. The third-order valence-corrected chi connectivity index (χ3v) is 8.01. The van der Waals surface area contributed by atoms with Gasteiger partial charge in [0, 0.05) is 10.9 Å². The molecule has 158 valence electrons. The van der Waals surface area contributed by atoms with Crippen molar-refractivity contribution in [2.45, 2.75) is 52.8 Å². The molecule has 0 spiro atoms. The Balaban J connectivity index is 1.94. The average molecular weight is 424 g/mol. The minimum absolute atomic E-state index is 0.115. The molecule has 3 aromatic carbocycles. The van der Waals surface area contributed by atoms with Crippen molar-refractivity contribution in [3.63, 3.8) is 0 Å². The van der Waals surface area contributed by atoms with Gasteiger partial charge in [0.2, 0.25) is 0 Å². The number of nitrogens with zero attached hydrogens (tertiary/aromatic N) is 1. The molecule has 0 N–H and O–H groups in total. The van der Waals surface area contributed by atoms with Crippen molar-refractivity contribution in [2.75, 3.05) is 0 Å². The van der Waals surface area contributed by atoms with Gasteiger partial charge in [-0.25, -0.2) is 4.98 Å². The highest BCUT2D eigenvalue weighted by Gasteiger charge is 2.23. The highest BCUT2D eigenvalue weighted by Crippen LogP contribution is 2.32. The monoisotopic (exact) mass is 423 g/mol. The number of hydrogen-bond donors (Lipinski definition) is 0. The molecule has 0 bridgehead atoms. The lowest BCUT2D eigenvalue weighted by Gasteiger charge is -2.23. The fourth-order valence-corrected chi connectivity index (χ4v) is 5.88. The number of fused-ring (bicyclic) bond motifs is 1. The zero-order valence-corrected chi connectivity index (χ0v) is 20.9. The molecule has 1 nitrogen and oxygen atoms in total. The largest absolute Gasteiger partial charge is 0.248 e. The van der Waals surface area contributed by atoms with Gasteiger partial charge >= 0.3 is 0 Å². The van der Waals surface area contributed by atoms with Crippen molar-refractivity contribution in [3.05, 3.63) is 83.9 Å². The van der Waals surface area contributed by atoms with Gasteiger partial charge in [0.15, 0.2) is 0 Å². The van der Waals surface area contributed by atoms with Crippen molar-refractivity contribution < 1.29 is 0 Å². The summed E-state index contributed by atoms with van der Waals surface area (Å²) >= 11 is 0. The third-order valence-electron chi connectivity index (χ3n) is 5.98. The van der Waals surface area contributed by atoms with Crippen LogP contribution in [-0.4, -0.2) is 13.1 Å². The maximum Gasteiger partial charge on any atom is 0.0784 e. The summed E-state index contributed by atoms with van der Waals surface area (Å²) in [5.41, 5.74) is 8.69. The first-order valence-electron chi connectivity index (χ1n) is 11.2. The quantitative estimate of drug-likeness (QED) is 0.307. The molecule has 0 saturated carbocycles. The molecule has 0 atom stereocenters. The second-order valence-electron chi connectivity index (χ2n) is 10.7. The summed E-state index contributed by atoms with van der Waals surface area (Å²) in [7, 11) is -1.52. The Kier molecular flexibility index (Phi) is 5.39. The fourth-order valence-electron chi connectivity index (χ4n) is 4.27. The van der Waals surface area contributed by atoms with Crippen LogP contribution >= 0.6 is 0 Å². The lowest BCUT2D eigenvalue weighted by molar-refractivity contribution is 0.590. The van der Waals surface area contributed by atoms with Gasteiger partial charge < -0.3 is 0 Å². The fraction of sp³-hybridized carbons (Fsp3) is 0.276. The van der Waals surface area contributed by atoms with Crippen molar-refractivity contribution in [2.24, 2.45) is 0 Å². The van der Waals surface area contributed by atoms with E-state index in [1.165, 1.54) is 38.4 Å². The first kappa shape index (κ1) is 21.5. The van der Waals surface area contributed by atoms with E-state index in [-0.39, 0.29) is 5.41 Å². The van der Waals surface area contributed by atoms with Crippen LogP contribution < -0.4 is 5.19 Å². The van der Waals surface area contributed by atoms with Gasteiger partial charge in [-0.3, -0.25) is 0 Å². The predicted octanol–water partition coefficient (Wildman–Crippen LogP) is 7.72. The van der Waals surface area contributed by atoms with Gasteiger partial charge in [-0.15, -0.1) is 0 Å². The Morgan fingerprint density at radius 1 is 0.742 bits per heavy atom. The number of aryl methyl sites for hydroxylation is 1. The van der Waals surface area contributed by atoms with E-state index < -0.39 is 8.07 Å². The maximum absolute atomic E-state index is 5.13. The molecule has 0 unspecified atom stereocenters. The first-order valence-corrected chi connectivity index (χ1v) is 14.7. The molecule has 2 heteroatoms. The number of pyridine rings is 1. The molecule has 0 aliphatic rings. The third kappa shape index (κ3) is 4.36. The Morgan fingerprint density at radius 3 is 2.10 bits per heavy atom. The maximum atomic E-state index is 5.13. The zero-order chi connectivity index (χ0) is 22.4. The van der Waals surface area contributed by atoms with Crippen LogP contribution in [0.25, 0.3) is 33.3 Å². The molecular formula is C29H33NSi. The normalized spacial score (nSPS) is 12.4. The van der Waals surface area contributed by atoms with E-state index in [0.29, 0.717) is 0 Å². The average Bonchev–Trinajstić information content (AvgIpc) is 2.71. The minimum atomic E-state index is -1.52. The summed E-state index contributed by atoms with van der Waals surface area (Å²) in [6, 6.07) is 26.7. The van der Waals surface area contributed by atoms with Crippen LogP contribution in [0.1, 0.15) is 31.9 Å². The van der Waals surface area contributed by atoms with E-state index >= 15 is 0 Å². The molecule has 0 fully saturated rings. The molecule has 4 rings (SSSR count). The van der Waals surface area contributed by atoms with Crippen molar-refractivity contribution in [1.82, 2.24) is 4.98 Å². The van der Waals surface area contributed by atoms with E-state index in [2.05, 4.69) is 120 Å². The molecule has 31 heavy (non-hydrogen) atoms. The molecule has 0 aliphatic carbocycles. The van der Waals surface area contributed by atoms with Crippen LogP contribution in [0.5, 0.6) is 0 Å². The molecule has 0 aliphatic heterocycles. The molecule has 0 amide bonds. The van der Waals surface area contributed by atoms with Crippen LogP contribution in [0.2, 0.25) is 19.6 Å². The van der Waals surface area contributed by atoms with E-state index in [0.717, 1.165) is 11.2 Å². The Labute approximate surface area is 188 Å². The Bertz CT molecular complexity index is 1240.